The van der Waals surface area contributed by atoms with Crippen molar-refractivity contribution in [1.29, 1.82) is 0 Å². The van der Waals surface area contributed by atoms with Gasteiger partial charge < -0.3 is 14.9 Å². The van der Waals surface area contributed by atoms with Gasteiger partial charge in [-0.25, -0.2) is 0 Å². The molecule has 0 aromatic heterocycles. The first-order chi connectivity index (χ1) is 9.70. The minimum Gasteiger partial charge on any atom is -0.492 e. The lowest BCUT2D eigenvalue weighted by Gasteiger charge is -2.14. The molecule has 0 fully saturated rings. The molecule has 2 aromatic carbocycles. The number of aliphatic hydroxyl groups excluding tert-OH is 1. The molecule has 0 aliphatic heterocycles. The molecule has 0 aliphatic carbocycles. The van der Waals surface area contributed by atoms with E-state index in [-0.39, 0.29) is 13.2 Å². The summed E-state index contributed by atoms with van der Waals surface area (Å²) in [5.41, 5.74) is 1.50. The highest BCUT2D eigenvalue weighted by Gasteiger charge is 2.20. The van der Waals surface area contributed by atoms with Gasteiger partial charge in [0.2, 0.25) is 0 Å². The van der Waals surface area contributed by atoms with E-state index in [1.807, 2.05) is 6.07 Å². The molecule has 0 bridgehead atoms. The summed E-state index contributed by atoms with van der Waals surface area (Å²) in [6.07, 6.45) is 0. The van der Waals surface area contributed by atoms with Crippen molar-refractivity contribution in [3.8, 4) is 5.75 Å². The van der Waals surface area contributed by atoms with Crippen molar-refractivity contribution < 1.29 is 19.7 Å². The molecule has 4 heteroatoms. The van der Waals surface area contributed by atoms with E-state index >= 15 is 0 Å². The van der Waals surface area contributed by atoms with Crippen LogP contribution in [0.1, 0.15) is 17.0 Å². The zero-order valence-corrected chi connectivity index (χ0v) is 10.9. The number of carboxylic acid groups (broad SMARTS) is 1. The van der Waals surface area contributed by atoms with Gasteiger partial charge in [0, 0.05) is 0 Å². The van der Waals surface area contributed by atoms with Crippen LogP contribution in [0.4, 0.5) is 0 Å². The molecule has 0 amide bonds. The molecule has 1 unspecified atom stereocenters. The van der Waals surface area contributed by atoms with E-state index in [1.54, 1.807) is 48.5 Å². The minimum atomic E-state index is -0.914. The summed E-state index contributed by atoms with van der Waals surface area (Å²) in [6, 6.07) is 15.9. The van der Waals surface area contributed by atoms with Gasteiger partial charge in [-0.15, -0.1) is 0 Å². The Labute approximate surface area is 117 Å². The third-order valence-corrected chi connectivity index (χ3v) is 3.02. The molecule has 20 heavy (non-hydrogen) atoms. The van der Waals surface area contributed by atoms with Crippen LogP contribution in [0.2, 0.25) is 0 Å². The number of carboxylic acids is 1. The summed E-state index contributed by atoms with van der Waals surface area (Å²) in [5.74, 6) is -1.03. The fraction of sp³-hybridized carbons (Fsp3) is 0.188. The van der Waals surface area contributed by atoms with E-state index in [1.165, 1.54) is 0 Å². The van der Waals surface area contributed by atoms with E-state index < -0.39 is 11.9 Å². The Kier molecular flexibility index (Phi) is 4.74. The van der Waals surface area contributed by atoms with Crippen LogP contribution in [-0.4, -0.2) is 22.8 Å². The quantitative estimate of drug-likeness (QED) is 0.847. The highest BCUT2D eigenvalue weighted by Crippen LogP contribution is 2.19. The highest BCUT2D eigenvalue weighted by atomic mass is 16.5. The fourth-order valence-corrected chi connectivity index (χ4v) is 1.87. The Morgan fingerprint density at radius 2 is 1.70 bits per heavy atom. The van der Waals surface area contributed by atoms with E-state index in [0.29, 0.717) is 11.3 Å². The van der Waals surface area contributed by atoms with Crippen molar-refractivity contribution in [3.63, 3.8) is 0 Å². The molecule has 4 nitrogen and oxygen atoms in total. The number of hydrogen-bond acceptors (Lipinski definition) is 3. The Morgan fingerprint density at radius 1 is 1.05 bits per heavy atom. The lowest BCUT2D eigenvalue weighted by Crippen LogP contribution is -2.19. The van der Waals surface area contributed by atoms with Gasteiger partial charge in [-0.1, -0.05) is 42.5 Å². The van der Waals surface area contributed by atoms with Crippen molar-refractivity contribution in [2.75, 3.05) is 6.61 Å². The van der Waals surface area contributed by atoms with Crippen molar-refractivity contribution >= 4 is 5.97 Å². The first-order valence-corrected chi connectivity index (χ1v) is 6.31. The lowest BCUT2D eigenvalue weighted by molar-refractivity contribution is -0.139. The molecule has 0 saturated carbocycles. The van der Waals surface area contributed by atoms with Gasteiger partial charge in [0.15, 0.2) is 0 Å². The molecule has 104 valence electrons. The van der Waals surface area contributed by atoms with E-state index in [0.717, 1.165) is 5.56 Å². The minimum absolute atomic E-state index is 0.0257. The summed E-state index contributed by atoms with van der Waals surface area (Å²) >= 11 is 0. The third-order valence-electron chi connectivity index (χ3n) is 3.02. The van der Waals surface area contributed by atoms with Gasteiger partial charge in [0.25, 0.3) is 0 Å². The van der Waals surface area contributed by atoms with E-state index in [2.05, 4.69) is 0 Å². The molecular formula is C16H16O4. The number of hydrogen-bond donors (Lipinski definition) is 2. The predicted octanol–water partition coefficient (Wildman–Crippen LogP) is 2.43. The summed E-state index contributed by atoms with van der Waals surface area (Å²) in [5, 5.41) is 18.2. The third kappa shape index (κ3) is 3.59. The molecule has 0 radical (unpaired) electrons. The Bertz CT molecular complexity index is 548. The SMILES string of the molecule is O=C(O)C(COc1ccc(CO)cc1)c1ccccc1. The summed E-state index contributed by atoms with van der Waals surface area (Å²) in [7, 11) is 0. The van der Waals surface area contributed by atoms with Crippen molar-refractivity contribution in [1.82, 2.24) is 0 Å². The van der Waals surface area contributed by atoms with E-state index in [9.17, 15) is 9.90 Å². The van der Waals surface area contributed by atoms with Crippen LogP contribution < -0.4 is 4.74 Å². The molecule has 2 aromatic rings. The first kappa shape index (κ1) is 14.1. The number of ether oxygens (including phenoxy) is 1. The molecule has 0 heterocycles. The standard InChI is InChI=1S/C16H16O4/c17-10-12-6-8-14(9-7-12)20-11-15(16(18)19)13-4-2-1-3-5-13/h1-9,15,17H,10-11H2,(H,18,19). The second-order valence-corrected chi connectivity index (χ2v) is 4.41. The molecular weight excluding hydrogens is 256 g/mol. The van der Waals surface area contributed by atoms with Crippen LogP contribution in [0.25, 0.3) is 0 Å². The number of rotatable bonds is 6. The van der Waals surface area contributed by atoms with Crippen LogP contribution >= 0.6 is 0 Å². The Hall–Kier alpha value is -2.33. The molecule has 0 spiro atoms. The number of carbonyl (C=O) groups is 1. The van der Waals surface area contributed by atoms with Crippen LogP contribution in [0.5, 0.6) is 5.75 Å². The van der Waals surface area contributed by atoms with Crippen molar-refractivity contribution in [3.05, 3.63) is 65.7 Å². The topological polar surface area (TPSA) is 66.8 Å². The van der Waals surface area contributed by atoms with Gasteiger partial charge in [0.1, 0.15) is 18.3 Å². The molecule has 1 atom stereocenters. The maximum absolute atomic E-state index is 11.3. The van der Waals surface area contributed by atoms with Crippen molar-refractivity contribution in [2.24, 2.45) is 0 Å². The van der Waals surface area contributed by atoms with Crippen molar-refractivity contribution in [2.45, 2.75) is 12.5 Å². The monoisotopic (exact) mass is 272 g/mol. The van der Waals surface area contributed by atoms with Gasteiger partial charge in [0.05, 0.1) is 6.61 Å². The second-order valence-electron chi connectivity index (χ2n) is 4.41. The highest BCUT2D eigenvalue weighted by molar-refractivity contribution is 5.76. The zero-order valence-electron chi connectivity index (χ0n) is 10.9. The average molecular weight is 272 g/mol. The van der Waals surface area contributed by atoms with Crippen LogP contribution in [0.3, 0.4) is 0 Å². The number of aliphatic hydroxyl groups is 1. The average Bonchev–Trinajstić information content (AvgIpc) is 2.49. The van der Waals surface area contributed by atoms with E-state index in [4.69, 9.17) is 9.84 Å². The maximum Gasteiger partial charge on any atom is 0.314 e. The Morgan fingerprint density at radius 3 is 2.25 bits per heavy atom. The zero-order chi connectivity index (χ0) is 14.4. The normalized spacial score (nSPS) is 11.8. The number of aliphatic carboxylic acids is 1. The largest absolute Gasteiger partial charge is 0.492 e. The molecule has 2 N–H and O–H groups in total. The van der Waals surface area contributed by atoms with Gasteiger partial charge >= 0.3 is 5.97 Å². The van der Waals surface area contributed by atoms with Crippen LogP contribution in [-0.2, 0) is 11.4 Å². The fourth-order valence-electron chi connectivity index (χ4n) is 1.87. The molecule has 0 saturated heterocycles. The lowest BCUT2D eigenvalue weighted by atomic mass is 10.0. The van der Waals surface area contributed by atoms with Crippen LogP contribution in [0.15, 0.2) is 54.6 Å². The maximum atomic E-state index is 11.3. The van der Waals surface area contributed by atoms with Gasteiger partial charge in [-0.2, -0.15) is 0 Å². The summed E-state index contributed by atoms with van der Waals surface area (Å²) < 4.78 is 5.52. The molecule has 2 rings (SSSR count). The predicted molar refractivity (Wildman–Crippen MR) is 74.7 cm³/mol. The summed E-state index contributed by atoms with van der Waals surface area (Å²) in [4.78, 5) is 11.3. The number of benzene rings is 2. The molecule has 0 aliphatic rings. The van der Waals surface area contributed by atoms with Gasteiger partial charge in [-0.05, 0) is 23.3 Å². The van der Waals surface area contributed by atoms with Crippen LogP contribution in [0, 0.1) is 0 Å². The second kappa shape index (κ2) is 6.73. The first-order valence-electron chi connectivity index (χ1n) is 6.31. The Balaban J connectivity index is 2.04. The summed E-state index contributed by atoms with van der Waals surface area (Å²) in [6.45, 7) is 0.0415. The smallest absolute Gasteiger partial charge is 0.314 e. The van der Waals surface area contributed by atoms with Gasteiger partial charge in [-0.3, -0.25) is 4.79 Å².